The number of ketones is 1. The standard InChI is InChI=1S/C23H22N6O2/c1-14-25-23(31-27-14)19-8-16-5-6-17(9-18(16)10-19)21-11-20(26-29(21)3)22(30)7-4-15-12-24-28(2)13-15/h5-6,9-13H,4,7-8H2,1-3H3. The minimum absolute atomic E-state index is 0.0285. The molecule has 0 aliphatic heterocycles. The number of allylic oxidation sites excluding steroid dienone is 1. The van der Waals surface area contributed by atoms with Gasteiger partial charge in [-0.25, -0.2) is 0 Å². The van der Waals surface area contributed by atoms with E-state index in [1.165, 1.54) is 5.56 Å². The molecular formula is C23H22N6O2. The maximum Gasteiger partial charge on any atom is 0.254 e. The Balaban J connectivity index is 1.36. The number of benzene rings is 1. The zero-order chi connectivity index (χ0) is 21.5. The van der Waals surface area contributed by atoms with Gasteiger partial charge in [-0.2, -0.15) is 15.2 Å². The molecule has 0 saturated heterocycles. The van der Waals surface area contributed by atoms with Crippen LogP contribution in [0, 0.1) is 6.92 Å². The zero-order valence-corrected chi connectivity index (χ0v) is 17.7. The first kappa shape index (κ1) is 19.2. The highest BCUT2D eigenvalue weighted by atomic mass is 16.5. The molecule has 0 unspecified atom stereocenters. The number of rotatable bonds is 6. The molecule has 0 saturated carbocycles. The van der Waals surface area contributed by atoms with E-state index in [4.69, 9.17) is 4.52 Å². The molecule has 0 atom stereocenters. The minimum atomic E-state index is 0.0285. The number of aromatic nitrogens is 6. The van der Waals surface area contributed by atoms with Crippen molar-refractivity contribution in [3.8, 4) is 11.3 Å². The van der Waals surface area contributed by atoms with E-state index in [2.05, 4.69) is 44.6 Å². The predicted octanol–water partition coefficient (Wildman–Crippen LogP) is 3.42. The topological polar surface area (TPSA) is 91.6 Å². The van der Waals surface area contributed by atoms with Gasteiger partial charge in [-0.1, -0.05) is 17.3 Å². The molecule has 0 bridgehead atoms. The van der Waals surface area contributed by atoms with Gasteiger partial charge in [0.2, 0.25) is 0 Å². The van der Waals surface area contributed by atoms with Gasteiger partial charge in [0.25, 0.3) is 5.89 Å². The molecule has 31 heavy (non-hydrogen) atoms. The summed E-state index contributed by atoms with van der Waals surface area (Å²) in [5, 5.41) is 12.5. The molecule has 1 aliphatic rings. The SMILES string of the molecule is Cc1noc(C2=Cc3cc(-c4cc(C(=O)CCc5cnn(C)c5)nn4C)ccc3C2)n1. The Morgan fingerprint density at radius 2 is 2.10 bits per heavy atom. The summed E-state index contributed by atoms with van der Waals surface area (Å²) in [6.07, 6.45) is 7.63. The smallest absolute Gasteiger partial charge is 0.254 e. The molecule has 0 spiro atoms. The normalized spacial score (nSPS) is 12.8. The molecule has 0 radical (unpaired) electrons. The van der Waals surface area contributed by atoms with Crippen molar-refractivity contribution in [2.24, 2.45) is 14.1 Å². The van der Waals surface area contributed by atoms with E-state index in [1.54, 1.807) is 15.6 Å². The summed E-state index contributed by atoms with van der Waals surface area (Å²) >= 11 is 0. The third-order valence-corrected chi connectivity index (χ3v) is 5.52. The Morgan fingerprint density at radius 3 is 2.84 bits per heavy atom. The highest BCUT2D eigenvalue weighted by Gasteiger charge is 2.20. The van der Waals surface area contributed by atoms with Crippen molar-refractivity contribution in [1.82, 2.24) is 29.7 Å². The van der Waals surface area contributed by atoms with E-state index in [1.807, 2.05) is 33.3 Å². The van der Waals surface area contributed by atoms with Crippen molar-refractivity contribution >= 4 is 17.4 Å². The van der Waals surface area contributed by atoms with Crippen LogP contribution in [-0.2, 0) is 26.9 Å². The summed E-state index contributed by atoms with van der Waals surface area (Å²) in [5.41, 5.74) is 6.80. The van der Waals surface area contributed by atoms with E-state index in [0.29, 0.717) is 30.3 Å². The Bertz CT molecular complexity index is 1320. The van der Waals surface area contributed by atoms with Gasteiger partial charge in [-0.15, -0.1) is 0 Å². The third-order valence-electron chi connectivity index (χ3n) is 5.52. The van der Waals surface area contributed by atoms with Crippen LogP contribution in [0.25, 0.3) is 22.9 Å². The first-order valence-corrected chi connectivity index (χ1v) is 10.2. The lowest BCUT2D eigenvalue weighted by molar-refractivity contribution is 0.0977. The van der Waals surface area contributed by atoms with Crippen molar-refractivity contribution < 1.29 is 9.32 Å². The maximum absolute atomic E-state index is 12.7. The van der Waals surface area contributed by atoms with Crippen LogP contribution in [0.5, 0.6) is 0 Å². The number of aryl methyl sites for hydroxylation is 4. The molecule has 5 rings (SSSR count). The third kappa shape index (κ3) is 3.72. The van der Waals surface area contributed by atoms with E-state index < -0.39 is 0 Å². The quantitative estimate of drug-likeness (QED) is 0.449. The van der Waals surface area contributed by atoms with Gasteiger partial charge in [0.1, 0.15) is 5.69 Å². The lowest BCUT2D eigenvalue weighted by atomic mass is 10.0. The molecular weight excluding hydrogens is 392 g/mol. The largest absolute Gasteiger partial charge is 0.334 e. The van der Waals surface area contributed by atoms with Crippen LogP contribution in [0.3, 0.4) is 0 Å². The maximum atomic E-state index is 12.7. The highest BCUT2D eigenvalue weighted by molar-refractivity contribution is 5.95. The van der Waals surface area contributed by atoms with Crippen LogP contribution in [-0.4, -0.2) is 35.5 Å². The van der Waals surface area contributed by atoms with Gasteiger partial charge in [0.15, 0.2) is 11.6 Å². The number of hydrogen-bond acceptors (Lipinski definition) is 6. The number of Topliss-reactive ketones (excluding diaryl/α,β-unsaturated/α-hetero) is 1. The number of carbonyl (C=O) groups excluding carboxylic acids is 1. The summed E-state index contributed by atoms with van der Waals surface area (Å²) in [4.78, 5) is 17.0. The van der Waals surface area contributed by atoms with E-state index in [9.17, 15) is 4.79 Å². The molecule has 8 nitrogen and oxygen atoms in total. The van der Waals surface area contributed by atoms with Crippen molar-refractivity contribution in [1.29, 1.82) is 0 Å². The van der Waals surface area contributed by atoms with Crippen molar-refractivity contribution in [3.05, 3.63) is 70.8 Å². The monoisotopic (exact) mass is 414 g/mol. The Hall–Kier alpha value is -3.81. The number of hydrogen-bond donors (Lipinski definition) is 0. The highest BCUT2D eigenvalue weighted by Crippen LogP contribution is 2.33. The molecule has 0 amide bonds. The lowest BCUT2D eigenvalue weighted by Gasteiger charge is -2.04. The van der Waals surface area contributed by atoms with Gasteiger partial charge in [-0.3, -0.25) is 14.2 Å². The van der Waals surface area contributed by atoms with Crippen LogP contribution in [0.2, 0.25) is 0 Å². The summed E-state index contributed by atoms with van der Waals surface area (Å²) < 4.78 is 8.82. The fourth-order valence-corrected chi connectivity index (χ4v) is 3.92. The fraction of sp³-hybridized carbons (Fsp3) is 0.261. The molecule has 1 aliphatic carbocycles. The van der Waals surface area contributed by atoms with Crippen molar-refractivity contribution in [3.63, 3.8) is 0 Å². The second-order valence-electron chi connectivity index (χ2n) is 7.89. The molecule has 3 aromatic heterocycles. The van der Waals surface area contributed by atoms with Crippen molar-refractivity contribution in [2.75, 3.05) is 0 Å². The average molecular weight is 414 g/mol. The van der Waals surface area contributed by atoms with Crippen LogP contribution < -0.4 is 0 Å². The van der Waals surface area contributed by atoms with E-state index >= 15 is 0 Å². The molecule has 0 fully saturated rings. The summed E-state index contributed by atoms with van der Waals surface area (Å²) in [5.74, 6) is 1.22. The molecule has 156 valence electrons. The second kappa shape index (κ2) is 7.46. The Kier molecular flexibility index (Phi) is 4.62. The minimum Gasteiger partial charge on any atom is -0.334 e. The predicted molar refractivity (Wildman–Crippen MR) is 115 cm³/mol. The van der Waals surface area contributed by atoms with Gasteiger partial charge < -0.3 is 4.52 Å². The van der Waals surface area contributed by atoms with E-state index in [-0.39, 0.29) is 5.78 Å². The second-order valence-corrected chi connectivity index (χ2v) is 7.89. The molecule has 8 heteroatoms. The summed E-state index contributed by atoms with van der Waals surface area (Å²) in [6, 6.07) is 8.16. The molecule has 4 aromatic rings. The number of carbonyl (C=O) groups is 1. The Morgan fingerprint density at radius 1 is 1.23 bits per heavy atom. The van der Waals surface area contributed by atoms with Crippen LogP contribution in [0.1, 0.15) is 45.3 Å². The van der Waals surface area contributed by atoms with Gasteiger partial charge in [0, 0.05) is 44.3 Å². The Labute approximate surface area is 179 Å². The summed E-state index contributed by atoms with van der Waals surface area (Å²) in [6.45, 7) is 1.81. The van der Waals surface area contributed by atoms with Crippen molar-refractivity contribution in [2.45, 2.75) is 26.2 Å². The first-order chi connectivity index (χ1) is 15.0. The average Bonchev–Trinajstić information content (AvgIpc) is 3.52. The number of fused-ring (bicyclic) bond motifs is 1. The molecule has 1 aromatic carbocycles. The summed E-state index contributed by atoms with van der Waals surface area (Å²) in [7, 11) is 3.73. The zero-order valence-electron chi connectivity index (χ0n) is 17.7. The van der Waals surface area contributed by atoms with Gasteiger partial charge >= 0.3 is 0 Å². The lowest BCUT2D eigenvalue weighted by Crippen LogP contribution is -2.03. The van der Waals surface area contributed by atoms with Crippen LogP contribution >= 0.6 is 0 Å². The molecule has 3 heterocycles. The van der Waals surface area contributed by atoms with Crippen LogP contribution in [0.15, 0.2) is 41.2 Å². The number of nitrogens with zero attached hydrogens (tertiary/aromatic N) is 6. The molecule has 0 N–H and O–H groups in total. The van der Waals surface area contributed by atoms with Gasteiger partial charge in [-0.05, 0) is 48.2 Å². The van der Waals surface area contributed by atoms with E-state index in [0.717, 1.165) is 34.4 Å². The van der Waals surface area contributed by atoms with Crippen LogP contribution in [0.4, 0.5) is 0 Å². The first-order valence-electron chi connectivity index (χ1n) is 10.2. The fourth-order valence-electron chi connectivity index (χ4n) is 3.92. The van der Waals surface area contributed by atoms with Gasteiger partial charge in [0.05, 0.1) is 11.9 Å².